The summed E-state index contributed by atoms with van der Waals surface area (Å²) in [6, 6.07) is 16.6. The van der Waals surface area contributed by atoms with Gasteiger partial charge in [-0.3, -0.25) is 0 Å². The highest BCUT2D eigenvalue weighted by atomic mass is 35.5. The molecule has 1 aliphatic rings. The largest absolute Gasteiger partial charge is 0.476 e. The average molecular weight is 562 g/mol. The molecule has 0 unspecified atom stereocenters. The molecule has 4 aromatic rings. The summed E-state index contributed by atoms with van der Waals surface area (Å²) in [5, 5.41) is 23.6. The molecule has 3 heterocycles. The molecule has 1 saturated heterocycles. The van der Waals surface area contributed by atoms with E-state index in [1.165, 1.54) is 6.07 Å². The number of aromatic carboxylic acids is 1. The van der Waals surface area contributed by atoms with Crippen LogP contribution in [-0.2, 0) is 0 Å². The van der Waals surface area contributed by atoms with Crippen molar-refractivity contribution >= 4 is 57.4 Å². The number of piperazine rings is 1. The van der Waals surface area contributed by atoms with Crippen LogP contribution in [0.5, 0.6) is 0 Å². The molecule has 0 aliphatic carbocycles. The van der Waals surface area contributed by atoms with E-state index in [4.69, 9.17) is 28.2 Å². The summed E-state index contributed by atoms with van der Waals surface area (Å²) in [5.41, 5.74) is 4.43. The monoisotopic (exact) mass is 561 g/mol. The summed E-state index contributed by atoms with van der Waals surface area (Å²) >= 11 is 12.3. The van der Waals surface area contributed by atoms with E-state index < -0.39 is 5.97 Å². The summed E-state index contributed by atoms with van der Waals surface area (Å²) in [5.74, 6) is -0.654. The third kappa shape index (κ3) is 5.39. The Balaban J connectivity index is 1.48. The molecule has 0 radical (unpaired) electrons. The number of para-hydroxylation sites is 1. The highest BCUT2D eigenvalue weighted by Gasteiger charge is 2.25. The predicted molar refractivity (Wildman–Crippen MR) is 153 cm³/mol. The molecule has 39 heavy (non-hydrogen) atoms. The first-order valence-electron chi connectivity index (χ1n) is 12.4. The number of halogens is 2. The van der Waals surface area contributed by atoms with Gasteiger partial charge in [0.1, 0.15) is 11.2 Å². The Morgan fingerprint density at radius 2 is 1.77 bits per heavy atom. The summed E-state index contributed by atoms with van der Waals surface area (Å²) in [7, 11) is 0. The zero-order valence-corrected chi connectivity index (χ0v) is 22.8. The van der Waals surface area contributed by atoms with Crippen molar-refractivity contribution in [3.05, 3.63) is 81.2 Å². The molecule has 198 valence electrons. The molecule has 9 nitrogen and oxygen atoms in total. The number of aromatic nitrogens is 3. The maximum atomic E-state index is 11.8. The number of carbonyl (C=O) groups is 1. The lowest BCUT2D eigenvalue weighted by molar-refractivity contribution is 0.0691. The smallest absolute Gasteiger partial charge is 0.356 e. The van der Waals surface area contributed by atoms with Crippen molar-refractivity contribution in [1.82, 2.24) is 15.0 Å². The summed E-state index contributed by atoms with van der Waals surface area (Å²) in [6.45, 7) is 6.58. The van der Waals surface area contributed by atoms with E-state index in [-0.39, 0.29) is 22.6 Å². The summed E-state index contributed by atoms with van der Waals surface area (Å²) < 4.78 is 0. The van der Waals surface area contributed by atoms with Gasteiger partial charge in [0.25, 0.3) is 0 Å². The molecule has 11 heteroatoms. The van der Waals surface area contributed by atoms with E-state index in [2.05, 4.69) is 31.2 Å². The number of anilines is 3. The minimum absolute atomic E-state index is 0.0979. The Morgan fingerprint density at radius 1 is 1.05 bits per heavy atom. The fourth-order valence-corrected chi connectivity index (χ4v) is 5.25. The van der Waals surface area contributed by atoms with Gasteiger partial charge in [0.05, 0.1) is 33.5 Å². The minimum atomic E-state index is -1.18. The van der Waals surface area contributed by atoms with Gasteiger partial charge in [0.2, 0.25) is 0 Å². The van der Waals surface area contributed by atoms with Crippen LogP contribution in [0.1, 0.15) is 40.3 Å². The van der Waals surface area contributed by atoms with Gasteiger partial charge in [-0.05, 0) is 49.7 Å². The number of nitriles is 1. The van der Waals surface area contributed by atoms with Gasteiger partial charge in [-0.1, -0.05) is 41.4 Å². The number of hydrogen-bond donors (Lipinski definition) is 2. The van der Waals surface area contributed by atoms with Crippen LogP contribution in [0.2, 0.25) is 10.2 Å². The van der Waals surface area contributed by atoms with Crippen LogP contribution in [0.25, 0.3) is 11.0 Å². The van der Waals surface area contributed by atoms with Gasteiger partial charge >= 0.3 is 5.97 Å². The second-order valence-electron chi connectivity index (χ2n) is 9.36. The van der Waals surface area contributed by atoms with Gasteiger partial charge < -0.3 is 20.2 Å². The van der Waals surface area contributed by atoms with Crippen LogP contribution >= 0.6 is 23.2 Å². The van der Waals surface area contributed by atoms with Gasteiger partial charge in [-0.15, -0.1) is 0 Å². The second-order valence-corrected chi connectivity index (χ2v) is 10.2. The molecule has 0 saturated carbocycles. The van der Waals surface area contributed by atoms with Crippen LogP contribution in [0, 0.1) is 18.3 Å². The molecular formula is C28H25Cl2N7O2. The molecule has 2 N–H and O–H groups in total. The molecule has 2 aromatic carbocycles. The number of pyridine rings is 1. The number of nitrogens with zero attached hydrogens (tertiary/aromatic N) is 6. The third-order valence-electron chi connectivity index (χ3n) is 6.71. The van der Waals surface area contributed by atoms with Crippen LogP contribution in [0.3, 0.4) is 0 Å². The average Bonchev–Trinajstić information content (AvgIpc) is 2.93. The third-order valence-corrected chi connectivity index (χ3v) is 7.24. The first-order valence-corrected chi connectivity index (χ1v) is 13.1. The van der Waals surface area contributed by atoms with Crippen molar-refractivity contribution in [2.75, 3.05) is 41.3 Å². The first-order chi connectivity index (χ1) is 18.7. The molecule has 0 bridgehead atoms. The van der Waals surface area contributed by atoms with Crippen molar-refractivity contribution in [2.24, 2.45) is 0 Å². The molecule has 1 atom stereocenters. The first kappa shape index (κ1) is 26.5. The number of aryl methyl sites for hydroxylation is 1. The van der Waals surface area contributed by atoms with Crippen LogP contribution in [-0.4, -0.2) is 52.2 Å². The quantitative estimate of drug-likeness (QED) is 0.285. The molecule has 0 amide bonds. The number of hydrogen-bond acceptors (Lipinski definition) is 8. The van der Waals surface area contributed by atoms with E-state index >= 15 is 0 Å². The highest BCUT2D eigenvalue weighted by Crippen LogP contribution is 2.32. The Morgan fingerprint density at radius 3 is 2.46 bits per heavy atom. The Bertz CT molecular complexity index is 1610. The van der Waals surface area contributed by atoms with Crippen LogP contribution in [0.4, 0.5) is 17.2 Å². The predicted octanol–water partition coefficient (Wildman–Crippen LogP) is 5.71. The van der Waals surface area contributed by atoms with E-state index in [9.17, 15) is 15.2 Å². The lowest BCUT2D eigenvalue weighted by Gasteiger charge is -2.37. The number of benzene rings is 2. The van der Waals surface area contributed by atoms with Crippen LogP contribution in [0.15, 0.2) is 48.5 Å². The van der Waals surface area contributed by atoms with Gasteiger partial charge in [0.15, 0.2) is 17.2 Å². The Kier molecular flexibility index (Phi) is 7.42. The van der Waals surface area contributed by atoms with Crippen LogP contribution < -0.4 is 15.1 Å². The molecule has 0 spiro atoms. The zero-order chi connectivity index (χ0) is 27.7. The Hall–Kier alpha value is -4.13. The molecular weight excluding hydrogens is 537 g/mol. The van der Waals surface area contributed by atoms with Gasteiger partial charge in [-0.25, -0.2) is 19.7 Å². The van der Waals surface area contributed by atoms with Crippen molar-refractivity contribution in [3.8, 4) is 6.07 Å². The fraction of sp³-hybridized carbons (Fsp3) is 0.250. The normalized spacial score (nSPS) is 14.2. The van der Waals surface area contributed by atoms with Crippen molar-refractivity contribution in [1.29, 1.82) is 5.26 Å². The summed E-state index contributed by atoms with van der Waals surface area (Å²) in [6.07, 6.45) is 0. The minimum Gasteiger partial charge on any atom is -0.476 e. The zero-order valence-electron chi connectivity index (χ0n) is 21.3. The summed E-state index contributed by atoms with van der Waals surface area (Å²) in [4.78, 5) is 29.6. The van der Waals surface area contributed by atoms with Crippen molar-refractivity contribution in [3.63, 3.8) is 0 Å². The Labute approximate surface area is 235 Å². The van der Waals surface area contributed by atoms with Gasteiger partial charge in [0, 0.05) is 31.7 Å². The molecule has 2 aromatic heterocycles. The topological polar surface area (TPSA) is 118 Å². The fourth-order valence-electron chi connectivity index (χ4n) is 4.84. The maximum Gasteiger partial charge on any atom is 0.356 e. The molecule has 1 fully saturated rings. The van der Waals surface area contributed by atoms with Crippen molar-refractivity contribution < 1.29 is 9.90 Å². The second kappa shape index (κ2) is 10.9. The lowest BCUT2D eigenvalue weighted by Crippen LogP contribution is -2.47. The molecule has 1 aliphatic heterocycles. The standard InChI is InChI=1S/C28H25Cl2N7O2/c1-16-13-18(17(2)32-20-7-8-24(30)34-26(20)28(38)39)25-21(14-16)33-22(15-31)27(35-25)37-11-9-36(10-12-37)23-6-4-3-5-19(23)29/h3-8,13-14,17,32H,9-12H2,1-2H3,(H,38,39)/t17-/m1/s1. The maximum absolute atomic E-state index is 11.8. The van der Waals surface area contributed by atoms with E-state index in [1.54, 1.807) is 6.07 Å². The van der Waals surface area contributed by atoms with E-state index in [0.29, 0.717) is 53.7 Å². The number of carboxylic acids is 1. The number of fused-ring (bicyclic) bond motifs is 1. The van der Waals surface area contributed by atoms with Crippen molar-refractivity contribution in [2.45, 2.75) is 19.9 Å². The number of rotatable bonds is 6. The number of nitrogens with one attached hydrogen (secondary N) is 1. The lowest BCUT2D eigenvalue weighted by atomic mass is 10.0. The van der Waals surface area contributed by atoms with E-state index in [1.807, 2.05) is 50.2 Å². The number of carboxylic acid groups (broad SMARTS) is 1. The SMILES string of the molecule is Cc1cc([C@@H](C)Nc2ccc(Cl)nc2C(=O)O)c2nc(N3CCN(c4ccccc4Cl)CC3)c(C#N)nc2c1. The van der Waals surface area contributed by atoms with Gasteiger partial charge in [-0.2, -0.15) is 5.26 Å². The van der Waals surface area contributed by atoms with E-state index in [0.717, 1.165) is 16.8 Å². The highest BCUT2D eigenvalue weighted by molar-refractivity contribution is 6.33. The molecule has 5 rings (SSSR count).